The van der Waals surface area contributed by atoms with Gasteiger partial charge >= 0.3 is 0 Å². The van der Waals surface area contributed by atoms with E-state index in [2.05, 4.69) is 10.2 Å². The van der Waals surface area contributed by atoms with E-state index in [0.717, 1.165) is 26.2 Å². The molecule has 2 heterocycles. The Kier molecular flexibility index (Phi) is 1.35. The summed E-state index contributed by atoms with van der Waals surface area (Å²) >= 11 is 0. The Morgan fingerprint density at radius 1 is 1.42 bits per heavy atom. The number of nitrogens with one attached hydrogen (secondary N) is 1. The third-order valence-electron chi connectivity index (χ3n) is 3.92. The van der Waals surface area contributed by atoms with Crippen molar-refractivity contribution in [2.45, 2.75) is 25.0 Å². The van der Waals surface area contributed by atoms with Gasteiger partial charge in [0, 0.05) is 37.6 Å². The van der Waals surface area contributed by atoms with Gasteiger partial charge in [-0.05, 0) is 12.8 Å². The molecule has 0 radical (unpaired) electrons. The van der Waals surface area contributed by atoms with Gasteiger partial charge in [0.2, 0.25) is 0 Å². The second kappa shape index (κ2) is 2.22. The molecule has 3 nitrogen and oxygen atoms in total. The number of hydrogen-bond donors (Lipinski definition) is 2. The molecule has 0 amide bonds. The van der Waals surface area contributed by atoms with Crippen molar-refractivity contribution >= 4 is 0 Å². The molecule has 0 aromatic carbocycles. The summed E-state index contributed by atoms with van der Waals surface area (Å²) in [6.07, 6.45) is 2.45. The highest BCUT2D eigenvalue weighted by Gasteiger charge is 2.61. The van der Waals surface area contributed by atoms with Gasteiger partial charge in [0.05, 0.1) is 6.10 Å². The van der Waals surface area contributed by atoms with Gasteiger partial charge in [-0.3, -0.25) is 4.90 Å². The molecule has 3 aliphatic rings. The maximum atomic E-state index is 9.88. The summed E-state index contributed by atoms with van der Waals surface area (Å²) in [5.41, 5.74) is 0.313. The van der Waals surface area contributed by atoms with Crippen LogP contribution < -0.4 is 5.32 Å². The zero-order chi connectivity index (χ0) is 8.18. The summed E-state index contributed by atoms with van der Waals surface area (Å²) in [4.78, 5) is 2.47. The van der Waals surface area contributed by atoms with Gasteiger partial charge in [0.15, 0.2) is 0 Å². The molecule has 1 aliphatic carbocycles. The Bertz CT molecular complexity index is 203. The zero-order valence-corrected chi connectivity index (χ0v) is 7.29. The van der Waals surface area contributed by atoms with Gasteiger partial charge in [0.25, 0.3) is 0 Å². The summed E-state index contributed by atoms with van der Waals surface area (Å²) in [6, 6.07) is 0.640. The molecule has 12 heavy (non-hydrogen) atoms. The van der Waals surface area contributed by atoms with Crippen LogP contribution in [-0.4, -0.2) is 48.3 Å². The zero-order valence-electron chi connectivity index (χ0n) is 7.29. The molecule has 68 valence electrons. The van der Waals surface area contributed by atoms with Crippen LogP contribution in [0.1, 0.15) is 12.8 Å². The van der Waals surface area contributed by atoms with Crippen molar-refractivity contribution in [2.75, 3.05) is 26.2 Å². The maximum Gasteiger partial charge on any atom is 0.0738 e. The molecule has 1 spiro atoms. The topological polar surface area (TPSA) is 35.5 Å². The molecule has 2 aliphatic heterocycles. The summed E-state index contributed by atoms with van der Waals surface area (Å²) < 4.78 is 0. The lowest BCUT2D eigenvalue weighted by Crippen LogP contribution is -2.50. The maximum absolute atomic E-state index is 9.88. The number of aliphatic hydroxyl groups is 1. The number of nitrogens with zero attached hydrogens (tertiary/aromatic N) is 1. The second-order valence-electron chi connectivity index (χ2n) is 4.46. The smallest absolute Gasteiger partial charge is 0.0738 e. The Hall–Kier alpha value is -0.120. The van der Waals surface area contributed by atoms with E-state index in [1.165, 1.54) is 12.8 Å². The number of hydrogen-bond acceptors (Lipinski definition) is 3. The minimum absolute atomic E-state index is 0.0394. The van der Waals surface area contributed by atoms with E-state index in [4.69, 9.17) is 0 Å². The Morgan fingerprint density at radius 3 is 3.00 bits per heavy atom. The van der Waals surface area contributed by atoms with E-state index in [1.807, 2.05) is 0 Å². The molecule has 1 saturated carbocycles. The molecule has 0 aromatic heterocycles. The molecule has 2 unspecified atom stereocenters. The second-order valence-corrected chi connectivity index (χ2v) is 4.46. The normalized spacial score (nSPS) is 44.8. The molecular formula is C9H16N2O. The molecule has 2 N–H and O–H groups in total. The number of rotatable bonds is 0. The van der Waals surface area contributed by atoms with Crippen LogP contribution in [0.2, 0.25) is 0 Å². The van der Waals surface area contributed by atoms with Crippen molar-refractivity contribution in [3.63, 3.8) is 0 Å². The first-order chi connectivity index (χ1) is 5.83. The van der Waals surface area contributed by atoms with Crippen LogP contribution in [-0.2, 0) is 0 Å². The lowest BCUT2D eigenvalue weighted by atomic mass is 9.94. The van der Waals surface area contributed by atoms with E-state index in [-0.39, 0.29) is 6.10 Å². The molecule has 3 rings (SSSR count). The predicted molar refractivity (Wildman–Crippen MR) is 45.9 cm³/mol. The third-order valence-corrected chi connectivity index (χ3v) is 3.92. The summed E-state index contributed by atoms with van der Waals surface area (Å²) in [6.45, 7) is 4.24. The number of fused-ring (bicyclic) bond motifs is 2. The van der Waals surface area contributed by atoms with E-state index in [9.17, 15) is 5.11 Å². The largest absolute Gasteiger partial charge is 0.391 e. The van der Waals surface area contributed by atoms with Gasteiger partial charge < -0.3 is 10.4 Å². The van der Waals surface area contributed by atoms with Crippen LogP contribution in [0.5, 0.6) is 0 Å². The number of aliphatic hydroxyl groups excluding tert-OH is 1. The van der Waals surface area contributed by atoms with Crippen molar-refractivity contribution in [2.24, 2.45) is 5.41 Å². The predicted octanol–water partition coefficient (Wildman–Crippen LogP) is -0.585. The first-order valence-electron chi connectivity index (χ1n) is 4.96. The Balaban J connectivity index is 1.86. The van der Waals surface area contributed by atoms with Gasteiger partial charge in [-0.1, -0.05) is 0 Å². The molecular weight excluding hydrogens is 152 g/mol. The fraction of sp³-hybridized carbons (Fsp3) is 1.00. The Labute approximate surface area is 72.7 Å². The van der Waals surface area contributed by atoms with E-state index >= 15 is 0 Å². The van der Waals surface area contributed by atoms with Crippen LogP contribution in [0.4, 0.5) is 0 Å². The van der Waals surface area contributed by atoms with Gasteiger partial charge in [-0.2, -0.15) is 0 Å². The molecule has 3 fully saturated rings. The fourth-order valence-corrected chi connectivity index (χ4v) is 2.97. The van der Waals surface area contributed by atoms with Crippen LogP contribution >= 0.6 is 0 Å². The van der Waals surface area contributed by atoms with E-state index < -0.39 is 0 Å². The molecule has 2 saturated heterocycles. The lowest BCUT2D eigenvalue weighted by Gasteiger charge is -2.32. The van der Waals surface area contributed by atoms with Crippen molar-refractivity contribution in [3.05, 3.63) is 0 Å². The van der Waals surface area contributed by atoms with Crippen LogP contribution in [0, 0.1) is 5.41 Å². The van der Waals surface area contributed by atoms with Crippen molar-refractivity contribution in [3.8, 4) is 0 Å². The van der Waals surface area contributed by atoms with E-state index in [1.54, 1.807) is 0 Å². The van der Waals surface area contributed by atoms with Crippen molar-refractivity contribution in [1.29, 1.82) is 0 Å². The molecule has 0 aromatic rings. The van der Waals surface area contributed by atoms with Crippen LogP contribution in [0.25, 0.3) is 0 Å². The molecule has 2 atom stereocenters. The highest BCUT2D eigenvalue weighted by Crippen LogP contribution is 2.57. The average Bonchev–Trinajstić information content (AvgIpc) is 2.80. The van der Waals surface area contributed by atoms with Gasteiger partial charge in [0.1, 0.15) is 0 Å². The summed E-state index contributed by atoms with van der Waals surface area (Å²) in [5.74, 6) is 0. The van der Waals surface area contributed by atoms with Crippen LogP contribution in [0.3, 0.4) is 0 Å². The summed E-state index contributed by atoms with van der Waals surface area (Å²) in [7, 11) is 0. The van der Waals surface area contributed by atoms with Crippen molar-refractivity contribution < 1.29 is 5.11 Å². The minimum atomic E-state index is -0.0394. The monoisotopic (exact) mass is 168 g/mol. The highest BCUT2D eigenvalue weighted by atomic mass is 16.3. The fourth-order valence-electron chi connectivity index (χ4n) is 2.97. The quantitative estimate of drug-likeness (QED) is 0.508. The summed E-state index contributed by atoms with van der Waals surface area (Å²) in [5, 5.41) is 13.3. The molecule has 3 heteroatoms. The van der Waals surface area contributed by atoms with Crippen molar-refractivity contribution in [1.82, 2.24) is 10.2 Å². The van der Waals surface area contributed by atoms with E-state index in [0.29, 0.717) is 11.5 Å². The van der Waals surface area contributed by atoms with Gasteiger partial charge in [-0.15, -0.1) is 0 Å². The standard InChI is InChI=1S/C9H16N2O/c12-8-6-11-4-3-10-5-7(11)9(8)1-2-9/h7-8,10,12H,1-6H2. The third kappa shape index (κ3) is 0.767. The minimum Gasteiger partial charge on any atom is -0.391 e. The lowest BCUT2D eigenvalue weighted by molar-refractivity contribution is 0.122. The molecule has 0 bridgehead atoms. The Morgan fingerprint density at radius 2 is 2.25 bits per heavy atom. The number of piperazine rings is 1. The highest BCUT2D eigenvalue weighted by molar-refractivity contribution is 5.14. The first-order valence-corrected chi connectivity index (χ1v) is 4.96. The van der Waals surface area contributed by atoms with Crippen LogP contribution in [0.15, 0.2) is 0 Å². The average molecular weight is 168 g/mol. The SMILES string of the molecule is OC1CN2CCNCC2C12CC2. The van der Waals surface area contributed by atoms with Gasteiger partial charge in [-0.25, -0.2) is 0 Å². The first kappa shape index (κ1) is 7.30.